The Morgan fingerprint density at radius 2 is 1.29 bits per heavy atom. The molecule has 0 spiro atoms. The fourth-order valence-corrected chi connectivity index (χ4v) is 6.37. The number of nitrogens with zero attached hydrogens (tertiary/aromatic N) is 1. The van der Waals surface area contributed by atoms with Crippen molar-refractivity contribution in [1.29, 1.82) is 0 Å². The van der Waals surface area contributed by atoms with E-state index in [0.29, 0.717) is 0 Å². The van der Waals surface area contributed by atoms with Crippen LogP contribution in [0.15, 0.2) is 78.9 Å². The van der Waals surface area contributed by atoms with Gasteiger partial charge >= 0.3 is 0 Å². The van der Waals surface area contributed by atoms with Crippen LogP contribution < -0.4 is 0 Å². The maximum atomic E-state index is 3.79. The van der Waals surface area contributed by atoms with Crippen LogP contribution in [0.5, 0.6) is 0 Å². The molecule has 6 aromatic rings. The van der Waals surface area contributed by atoms with E-state index in [0.717, 1.165) is 0 Å². The Bertz CT molecular complexity index is 1740. The topological polar surface area (TPSA) is 20.7 Å². The molecule has 0 fully saturated rings. The molecule has 0 atom stereocenters. The number of aromatic amines is 1. The van der Waals surface area contributed by atoms with Crippen LogP contribution in [0, 0.1) is 0 Å². The molecule has 1 aliphatic carbocycles. The SMILES string of the molecule is CC1(C)CCC(C)(C)c2cc3c(cc21)[nH]c1ccc2c(c4ccccc4n2-c2ccccc2)c13. The van der Waals surface area contributed by atoms with E-state index < -0.39 is 0 Å². The highest BCUT2D eigenvalue weighted by Gasteiger charge is 2.37. The number of nitrogens with one attached hydrogen (secondary N) is 1. The molecule has 0 amide bonds. The Balaban J connectivity index is 1.67. The van der Waals surface area contributed by atoms with Crippen molar-refractivity contribution in [3.8, 4) is 5.69 Å². The van der Waals surface area contributed by atoms with E-state index in [1.807, 2.05) is 0 Å². The van der Waals surface area contributed by atoms with Gasteiger partial charge in [-0.25, -0.2) is 0 Å². The Morgan fingerprint density at radius 1 is 0.618 bits per heavy atom. The quantitative estimate of drug-likeness (QED) is 0.263. The third kappa shape index (κ3) is 2.57. The number of hydrogen-bond donors (Lipinski definition) is 1. The lowest BCUT2D eigenvalue weighted by Crippen LogP contribution is -2.33. The van der Waals surface area contributed by atoms with Crippen molar-refractivity contribution in [2.45, 2.75) is 51.4 Å². The molecule has 0 unspecified atom stereocenters. The summed E-state index contributed by atoms with van der Waals surface area (Å²) in [6.45, 7) is 9.64. The number of H-pyrrole nitrogens is 1. The van der Waals surface area contributed by atoms with Crippen molar-refractivity contribution >= 4 is 43.6 Å². The number of hydrogen-bond acceptors (Lipinski definition) is 0. The van der Waals surface area contributed by atoms with Crippen molar-refractivity contribution in [3.63, 3.8) is 0 Å². The first kappa shape index (κ1) is 19.9. The average molecular weight is 443 g/mol. The minimum Gasteiger partial charge on any atom is -0.354 e. The molecule has 34 heavy (non-hydrogen) atoms. The van der Waals surface area contributed by atoms with Crippen molar-refractivity contribution in [2.75, 3.05) is 0 Å². The summed E-state index contributed by atoms with van der Waals surface area (Å²) in [5.74, 6) is 0. The largest absolute Gasteiger partial charge is 0.354 e. The molecule has 0 saturated carbocycles. The van der Waals surface area contributed by atoms with E-state index in [1.165, 1.54) is 73.3 Å². The highest BCUT2D eigenvalue weighted by molar-refractivity contribution is 6.28. The van der Waals surface area contributed by atoms with E-state index in [1.54, 1.807) is 0 Å². The Labute approximate surface area is 200 Å². The number of benzene rings is 4. The minimum atomic E-state index is 0.189. The minimum absolute atomic E-state index is 0.189. The molecule has 2 nitrogen and oxygen atoms in total. The third-order valence-corrected chi connectivity index (χ3v) is 8.38. The van der Waals surface area contributed by atoms with Crippen LogP contribution in [0.2, 0.25) is 0 Å². The molecule has 0 bridgehead atoms. The second kappa shape index (κ2) is 6.54. The predicted octanol–water partition coefficient (Wildman–Crippen LogP) is 8.77. The molecule has 0 radical (unpaired) electrons. The zero-order valence-electron chi connectivity index (χ0n) is 20.4. The van der Waals surface area contributed by atoms with E-state index in [9.17, 15) is 0 Å². The zero-order chi connectivity index (χ0) is 23.2. The second-order valence-corrected chi connectivity index (χ2v) is 11.4. The van der Waals surface area contributed by atoms with Crippen molar-refractivity contribution in [2.24, 2.45) is 0 Å². The first-order chi connectivity index (χ1) is 16.4. The van der Waals surface area contributed by atoms with Gasteiger partial charge in [-0.3, -0.25) is 0 Å². The van der Waals surface area contributed by atoms with Gasteiger partial charge in [0.05, 0.1) is 11.0 Å². The fourth-order valence-electron chi connectivity index (χ4n) is 6.37. The summed E-state index contributed by atoms with van der Waals surface area (Å²) < 4.78 is 2.41. The van der Waals surface area contributed by atoms with Crippen LogP contribution in [0.3, 0.4) is 0 Å². The van der Waals surface area contributed by atoms with Gasteiger partial charge in [-0.2, -0.15) is 0 Å². The van der Waals surface area contributed by atoms with Gasteiger partial charge in [0.25, 0.3) is 0 Å². The molecule has 7 rings (SSSR count). The molecule has 4 aromatic carbocycles. The van der Waals surface area contributed by atoms with Gasteiger partial charge in [-0.1, -0.05) is 64.1 Å². The molecule has 0 aliphatic heterocycles. The highest BCUT2D eigenvalue weighted by atomic mass is 15.0. The van der Waals surface area contributed by atoms with E-state index in [4.69, 9.17) is 0 Å². The van der Waals surface area contributed by atoms with Gasteiger partial charge in [-0.15, -0.1) is 0 Å². The summed E-state index contributed by atoms with van der Waals surface area (Å²) in [6.07, 6.45) is 2.46. The lowest BCUT2D eigenvalue weighted by Gasteiger charge is -2.41. The summed E-state index contributed by atoms with van der Waals surface area (Å²) in [5, 5.41) is 5.35. The molecular weight excluding hydrogens is 412 g/mol. The molecule has 2 aromatic heterocycles. The van der Waals surface area contributed by atoms with Gasteiger partial charge in [0.2, 0.25) is 0 Å². The normalized spacial score (nSPS) is 17.1. The summed E-state index contributed by atoms with van der Waals surface area (Å²) in [4.78, 5) is 3.79. The standard InChI is InChI=1S/C32H30N2/c1-31(2)16-17-32(3,4)24-19-26-22(18-23(24)31)29-25(33-26)14-15-28-30(29)21-12-8-9-13-27(21)34(28)20-10-6-5-7-11-20/h5-15,18-19,33H,16-17H2,1-4H3. The van der Waals surface area contributed by atoms with E-state index in [-0.39, 0.29) is 10.8 Å². The highest BCUT2D eigenvalue weighted by Crippen LogP contribution is 2.48. The number of fused-ring (bicyclic) bond motifs is 8. The summed E-state index contributed by atoms with van der Waals surface area (Å²) in [6, 6.07) is 29.1. The molecule has 2 heteroatoms. The average Bonchev–Trinajstić information content (AvgIpc) is 3.37. The fraction of sp³-hybridized carbons (Fsp3) is 0.250. The Kier molecular flexibility index (Phi) is 3.83. The lowest BCUT2D eigenvalue weighted by molar-refractivity contribution is 0.332. The summed E-state index contributed by atoms with van der Waals surface area (Å²) in [5.41, 5.74) is 9.60. The van der Waals surface area contributed by atoms with Crippen molar-refractivity contribution < 1.29 is 0 Å². The van der Waals surface area contributed by atoms with Crippen LogP contribution in [-0.2, 0) is 10.8 Å². The molecule has 1 aliphatic rings. The second-order valence-electron chi connectivity index (χ2n) is 11.4. The van der Waals surface area contributed by atoms with Crippen molar-refractivity contribution in [3.05, 3.63) is 90.0 Å². The summed E-state index contributed by atoms with van der Waals surface area (Å²) >= 11 is 0. The Morgan fingerprint density at radius 3 is 2.06 bits per heavy atom. The zero-order valence-corrected chi connectivity index (χ0v) is 20.4. The first-order valence-corrected chi connectivity index (χ1v) is 12.4. The summed E-state index contributed by atoms with van der Waals surface area (Å²) in [7, 11) is 0. The van der Waals surface area contributed by atoms with Crippen LogP contribution in [-0.4, -0.2) is 9.55 Å². The van der Waals surface area contributed by atoms with Gasteiger partial charge in [0.15, 0.2) is 0 Å². The molecule has 1 N–H and O–H groups in total. The van der Waals surface area contributed by atoms with Crippen molar-refractivity contribution in [1.82, 2.24) is 9.55 Å². The van der Waals surface area contributed by atoms with E-state index in [2.05, 4.69) is 116 Å². The number of rotatable bonds is 1. The third-order valence-electron chi connectivity index (χ3n) is 8.38. The monoisotopic (exact) mass is 442 g/mol. The van der Waals surface area contributed by atoms with Gasteiger partial charge in [-0.05, 0) is 77.3 Å². The maximum Gasteiger partial charge on any atom is 0.0548 e. The van der Waals surface area contributed by atoms with Crippen LogP contribution in [0.4, 0.5) is 0 Å². The van der Waals surface area contributed by atoms with Gasteiger partial charge in [0.1, 0.15) is 0 Å². The predicted molar refractivity (Wildman–Crippen MR) is 145 cm³/mol. The first-order valence-electron chi connectivity index (χ1n) is 12.4. The molecular formula is C32H30N2. The van der Waals surface area contributed by atoms with Gasteiger partial charge in [0, 0.05) is 38.3 Å². The van der Waals surface area contributed by atoms with E-state index >= 15 is 0 Å². The lowest BCUT2D eigenvalue weighted by atomic mass is 9.63. The van der Waals surface area contributed by atoms with Gasteiger partial charge < -0.3 is 9.55 Å². The molecule has 0 saturated heterocycles. The maximum absolute atomic E-state index is 3.79. The van der Waals surface area contributed by atoms with Crippen LogP contribution in [0.1, 0.15) is 51.7 Å². The van der Waals surface area contributed by atoms with Crippen LogP contribution in [0.25, 0.3) is 49.3 Å². The molecule has 168 valence electrons. The van der Waals surface area contributed by atoms with Crippen LogP contribution >= 0.6 is 0 Å². The Hall–Kier alpha value is -3.52. The number of aromatic nitrogens is 2. The smallest absolute Gasteiger partial charge is 0.0548 e. The number of para-hydroxylation sites is 2. The molecule has 2 heterocycles.